The molecule has 0 spiro atoms. The molecule has 54 heavy (non-hydrogen) atoms. The second-order valence-corrected chi connectivity index (χ2v) is 14.1. The van der Waals surface area contributed by atoms with Gasteiger partial charge in [0.05, 0.1) is 11.4 Å². The van der Waals surface area contributed by atoms with Gasteiger partial charge in [0.2, 0.25) is 0 Å². The van der Waals surface area contributed by atoms with E-state index in [-0.39, 0.29) is 0 Å². The van der Waals surface area contributed by atoms with E-state index in [0.29, 0.717) is 0 Å². The van der Waals surface area contributed by atoms with E-state index in [1.807, 2.05) is 18.2 Å². The van der Waals surface area contributed by atoms with E-state index in [4.69, 9.17) is 9.97 Å². The monoisotopic (exact) mass is 684 g/mol. The minimum Gasteiger partial charge on any atom is -0.227 e. The molecular formula is C52H32N2. The van der Waals surface area contributed by atoms with Crippen molar-refractivity contribution >= 4 is 32.3 Å². The number of nitrogens with zero attached hydrogens (tertiary/aromatic N) is 2. The van der Waals surface area contributed by atoms with Crippen LogP contribution in [-0.4, -0.2) is 9.97 Å². The lowest BCUT2D eigenvalue weighted by Gasteiger charge is -2.18. The molecule has 2 nitrogen and oxygen atoms in total. The molecule has 1 aliphatic rings. The lowest BCUT2D eigenvalue weighted by atomic mass is 9.86. The Balaban J connectivity index is 1.01. The van der Waals surface area contributed by atoms with Gasteiger partial charge in [0.1, 0.15) is 0 Å². The topological polar surface area (TPSA) is 25.8 Å². The molecule has 1 aromatic heterocycles. The maximum absolute atomic E-state index is 5.27. The Morgan fingerprint density at radius 3 is 1.24 bits per heavy atom. The standard InChI is InChI=1S/C52H32N2/c1-3-13-35(14-4-1)46-40-19-7-9-21-42(40)47(43-22-10-8-20-41(43)46)37-29-25-33(26-30-37)34-27-31-38(32-28-34)50-49-44-23-11-17-36-18-12-24-45(48(36)44)51(49)54-52(53-50)39-15-5-2-6-16-39/h1-32H. The van der Waals surface area contributed by atoms with Gasteiger partial charge in [0.25, 0.3) is 0 Å². The van der Waals surface area contributed by atoms with Crippen LogP contribution in [0.2, 0.25) is 0 Å². The van der Waals surface area contributed by atoms with Crippen molar-refractivity contribution in [1.29, 1.82) is 0 Å². The summed E-state index contributed by atoms with van der Waals surface area (Å²) in [5.74, 6) is 0.741. The van der Waals surface area contributed by atoms with Crippen LogP contribution < -0.4 is 0 Å². The first-order valence-corrected chi connectivity index (χ1v) is 18.5. The third-order valence-electron chi connectivity index (χ3n) is 11.0. The summed E-state index contributed by atoms with van der Waals surface area (Å²) in [7, 11) is 0. The zero-order chi connectivity index (χ0) is 35.6. The fourth-order valence-electron chi connectivity index (χ4n) is 8.59. The predicted octanol–water partition coefficient (Wildman–Crippen LogP) is 13.9. The summed E-state index contributed by atoms with van der Waals surface area (Å²) in [6.07, 6.45) is 0. The number of hydrogen-bond donors (Lipinski definition) is 0. The van der Waals surface area contributed by atoms with E-state index in [1.54, 1.807) is 0 Å². The van der Waals surface area contributed by atoms with Crippen LogP contribution in [0.5, 0.6) is 0 Å². The van der Waals surface area contributed by atoms with Crippen LogP contribution >= 0.6 is 0 Å². The third-order valence-corrected chi connectivity index (χ3v) is 11.0. The van der Waals surface area contributed by atoms with Gasteiger partial charge < -0.3 is 0 Å². The second kappa shape index (κ2) is 12.2. The van der Waals surface area contributed by atoms with Gasteiger partial charge in [0.15, 0.2) is 5.82 Å². The molecule has 0 N–H and O–H groups in total. The summed E-state index contributed by atoms with van der Waals surface area (Å²) >= 11 is 0. The molecule has 250 valence electrons. The molecule has 0 bridgehead atoms. The molecule has 0 atom stereocenters. The van der Waals surface area contributed by atoms with Crippen LogP contribution in [0.3, 0.4) is 0 Å². The van der Waals surface area contributed by atoms with Gasteiger partial charge in [-0.15, -0.1) is 0 Å². The summed E-state index contributed by atoms with van der Waals surface area (Å²) in [4.78, 5) is 10.5. The summed E-state index contributed by atoms with van der Waals surface area (Å²) in [5, 5.41) is 7.53. The van der Waals surface area contributed by atoms with Crippen molar-refractivity contribution in [2.24, 2.45) is 0 Å². The molecule has 0 aliphatic heterocycles. The minimum atomic E-state index is 0.741. The maximum atomic E-state index is 5.27. The number of hydrogen-bond acceptors (Lipinski definition) is 2. The lowest BCUT2D eigenvalue weighted by Crippen LogP contribution is -1.97. The fraction of sp³-hybridized carbons (Fsp3) is 0. The van der Waals surface area contributed by atoms with Crippen molar-refractivity contribution in [3.8, 4) is 78.4 Å². The zero-order valence-corrected chi connectivity index (χ0v) is 29.4. The van der Waals surface area contributed by atoms with Gasteiger partial charge >= 0.3 is 0 Å². The van der Waals surface area contributed by atoms with Crippen LogP contribution in [0.4, 0.5) is 0 Å². The molecule has 0 saturated heterocycles. The molecular weight excluding hydrogens is 653 g/mol. The molecule has 2 heteroatoms. The zero-order valence-electron chi connectivity index (χ0n) is 29.4. The number of rotatable bonds is 5. The van der Waals surface area contributed by atoms with Crippen LogP contribution in [-0.2, 0) is 0 Å². The van der Waals surface area contributed by atoms with E-state index < -0.39 is 0 Å². The van der Waals surface area contributed by atoms with Gasteiger partial charge in [0, 0.05) is 22.3 Å². The second-order valence-electron chi connectivity index (χ2n) is 14.1. The van der Waals surface area contributed by atoms with E-state index in [1.165, 1.54) is 76.8 Å². The Morgan fingerprint density at radius 2 is 0.685 bits per heavy atom. The highest BCUT2D eigenvalue weighted by molar-refractivity contribution is 6.21. The van der Waals surface area contributed by atoms with Gasteiger partial charge in [-0.1, -0.05) is 194 Å². The smallest absolute Gasteiger partial charge is 0.160 e. The van der Waals surface area contributed by atoms with Crippen molar-refractivity contribution in [3.05, 3.63) is 194 Å². The average Bonchev–Trinajstić information content (AvgIpc) is 3.58. The first kappa shape index (κ1) is 30.5. The minimum absolute atomic E-state index is 0.741. The summed E-state index contributed by atoms with van der Waals surface area (Å²) < 4.78 is 0. The SMILES string of the molecule is c1ccc(-c2nc(-c3ccc(-c4ccc(-c5c6ccccc6c(-c6ccccc6)c6ccccc56)cc4)cc3)c3c(n2)-c2cccc4cccc-3c24)cc1. The largest absolute Gasteiger partial charge is 0.227 e. The lowest BCUT2D eigenvalue weighted by molar-refractivity contribution is 1.19. The highest BCUT2D eigenvalue weighted by Crippen LogP contribution is 2.50. The molecule has 0 radical (unpaired) electrons. The van der Waals surface area contributed by atoms with Crippen molar-refractivity contribution in [3.63, 3.8) is 0 Å². The van der Waals surface area contributed by atoms with Crippen LogP contribution in [0.1, 0.15) is 0 Å². The Hall–Kier alpha value is -7.16. The third kappa shape index (κ3) is 4.74. The molecule has 11 rings (SSSR count). The molecule has 0 amide bonds. The summed E-state index contributed by atoms with van der Waals surface area (Å²) in [5.41, 5.74) is 14.9. The molecule has 1 aliphatic carbocycles. The molecule has 0 saturated carbocycles. The quantitative estimate of drug-likeness (QED) is 0.169. The Morgan fingerprint density at radius 1 is 0.259 bits per heavy atom. The Kier molecular flexibility index (Phi) is 6.90. The van der Waals surface area contributed by atoms with Gasteiger partial charge in [-0.25, -0.2) is 9.97 Å². The first-order chi connectivity index (χ1) is 26.8. The van der Waals surface area contributed by atoms with E-state index in [9.17, 15) is 0 Å². The number of fused-ring (bicyclic) bond motifs is 5. The maximum Gasteiger partial charge on any atom is 0.160 e. The number of aromatic nitrogens is 2. The molecule has 0 unspecified atom stereocenters. The molecule has 10 aromatic rings. The fourth-order valence-corrected chi connectivity index (χ4v) is 8.59. The first-order valence-electron chi connectivity index (χ1n) is 18.5. The van der Waals surface area contributed by atoms with Crippen molar-refractivity contribution in [2.45, 2.75) is 0 Å². The Labute approximate surface area is 313 Å². The summed E-state index contributed by atoms with van der Waals surface area (Å²) in [6, 6.07) is 69.7. The van der Waals surface area contributed by atoms with Crippen molar-refractivity contribution < 1.29 is 0 Å². The Bertz CT molecular complexity index is 2990. The van der Waals surface area contributed by atoms with E-state index in [0.717, 1.165) is 33.9 Å². The van der Waals surface area contributed by atoms with Gasteiger partial charge in [-0.05, 0) is 71.3 Å². The predicted molar refractivity (Wildman–Crippen MR) is 226 cm³/mol. The van der Waals surface area contributed by atoms with Crippen molar-refractivity contribution in [2.75, 3.05) is 0 Å². The van der Waals surface area contributed by atoms with Crippen molar-refractivity contribution in [1.82, 2.24) is 9.97 Å². The van der Waals surface area contributed by atoms with Crippen LogP contribution in [0.15, 0.2) is 194 Å². The molecule has 0 fully saturated rings. The average molecular weight is 685 g/mol. The van der Waals surface area contributed by atoms with Crippen LogP contribution in [0.25, 0.3) is 111 Å². The number of benzene rings is 9. The normalized spacial score (nSPS) is 11.7. The molecule has 9 aromatic carbocycles. The van der Waals surface area contributed by atoms with E-state index in [2.05, 4.69) is 176 Å². The van der Waals surface area contributed by atoms with E-state index >= 15 is 0 Å². The molecule has 1 heterocycles. The highest BCUT2D eigenvalue weighted by Gasteiger charge is 2.28. The van der Waals surface area contributed by atoms with Crippen LogP contribution in [0, 0.1) is 0 Å². The summed E-state index contributed by atoms with van der Waals surface area (Å²) in [6.45, 7) is 0. The van der Waals surface area contributed by atoms with Gasteiger partial charge in [-0.2, -0.15) is 0 Å². The van der Waals surface area contributed by atoms with Gasteiger partial charge in [-0.3, -0.25) is 0 Å². The highest BCUT2D eigenvalue weighted by atomic mass is 14.9.